The number of sulfonamides is 1. The summed E-state index contributed by atoms with van der Waals surface area (Å²) in [6.07, 6.45) is 2.20. The van der Waals surface area contributed by atoms with Gasteiger partial charge in [0.2, 0.25) is 21.8 Å². The number of methoxy groups -OCH3 is 1. The highest BCUT2D eigenvalue weighted by molar-refractivity contribution is 7.89. The summed E-state index contributed by atoms with van der Waals surface area (Å²) >= 11 is 0. The van der Waals surface area contributed by atoms with E-state index in [1.165, 1.54) is 13.0 Å². The third-order valence-electron chi connectivity index (χ3n) is 5.18. The van der Waals surface area contributed by atoms with Gasteiger partial charge in [0, 0.05) is 38.0 Å². The van der Waals surface area contributed by atoms with Gasteiger partial charge in [0.15, 0.2) is 0 Å². The number of nitrogens with one attached hydrogen (secondary N) is 1. The van der Waals surface area contributed by atoms with Gasteiger partial charge in [0.25, 0.3) is 0 Å². The smallest absolute Gasteiger partial charge is 0.240 e. The molecule has 9 heteroatoms. The van der Waals surface area contributed by atoms with E-state index in [9.17, 15) is 13.2 Å². The van der Waals surface area contributed by atoms with E-state index in [4.69, 9.17) is 9.47 Å². The van der Waals surface area contributed by atoms with Crippen LogP contribution in [-0.4, -0.2) is 33.0 Å². The Labute approximate surface area is 186 Å². The van der Waals surface area contributed by atoms with Crippen LogP contribution < -0.4 is 19.1 Å². The molecule has 3 aromatic rings. The minimum absolute atomic E-state index is 0.0529. The molecule has 0 saturated carbocycles. The van der Waals surface area contributed by atoms with Crippen LogP contribution in [0.5, 0.6) is 17.4 Å². The zero-order valence-electron chi connectivity index (χ0n) is 17.7. The molecule has 1 amide bonds. The second-order valence-corrected chi connectivity index (χ2v) is 9.08. The van der Waals surface area contributed by atoms with Crippen molar-refractivity contribution in [1.82, 2.24) is 9.71 Å². The molecule has 1 aliphatic heterocycles. The number of anilines is 1. The third-order valence-corrected chi connectivity index (χ3v) is 6.58. The number of rotatable bonds is 7. The third kappa shape index (κ3) is 4.74. The maximum Gasteiger partial charge on any atom is 0.240 e. The Morgan fingerprint density at radius 2 is 1.84 bits per heavy atom. The van der Waals surface area contributed by atoms with E-state index in [1.807, 2.05) is 0 Å². The Bertz CT molecular complexity index is 1240. The van der Waals surface area contributed by atoms with Crippen molar-refractivity contribution < 1.29 is 22.7 Å². The number of nitrogens with zero attached hydrogens (tertiary/aromatic N) is 2. The maximum atomic E-state index is 12.8. The lowest BCUT2D eigenvalue weighted by molar-refractivity contribution is -0.116. The molecule has 0 saturated heterocycles. The SMILES string of the molecule is COc1ccc(Oc2cc(CNS(=O)(=O)c3ccc4c(c3)CCN4C(C)=O)ccn2)cc1. The molecule has 0 spiro atoms. The van der Waals surface area contributed by atoms with Crippen LogP contribution in [0.1, 0.15) is 18.1 Å². The summed E-state index contributed by atoms with van der Waals surface area (Å²) in [6, 6.07) is 15.3. The van der Waals surface area contributed by atoms with Gasteiger partial charge >= 0.3 is 0 Å². The molecule has 0 unspecified atom stereocenters. The first-order chi connectivity index (χ1) is 15.4. The van der Waals surface area contributed by atoms with E-state index in [1.54, 1.807) is 66.7 Å². The molecule has 4 rings (SSSR count). The molecule has 32 heavy (non-hydrogen) atoms. The van der Waals surface area contributed by atoms with Crippen LogP contribution >= 0.6 is 0 Å². The summed E-state index contributed by atoms with van der Waals surface area (Å²) < 4.78 is 39.1. The highest BCUT2D eigenvalue weighted by atomic mass is 32.2. The number of amides is 1. The number of benzene rings is 2. The number of carbonyl (C=O) groups is 1. The molecule has 166 valence electrons. The molecule has 2 heterocycles. The van der Waals surface area contributed by atoms with Crippen LogP contribution in [0, 0.1) is 0 Å². The molecule has 1 aromatic heterocycles. The Morgan fingerprint density at radius 1 is 1.09 bits per heavy atom. The fourth-order valence-electron chi connectivity index (χ4n) is 3.51. The Morgan fingerprint density at radius 3 is 2.56 bits per heavy atom. The number of ether oxygens (including phenoxy) is 2. The van der Waals surface area contributed by atoms with Gasteiger partial charge in [-0.05, 0) is 66.1 Å². The van der Waals surface area contributed by atoms with Crippen molar-refractivity contribution in [3.63, 3.8) is 0 Å². The van der Waals surface area contributed by atoms with Crippen LogP contribution in [0.15, 0.2) is 65.7 Å². The predicted octanol–water partition coefficient (Wildman–Crippen LogP) is 3.27. The Balaban J connectivity index is 1.44. The normalized spacial score (nSPS) is 13.0. The molecule has 0 fully saturated rings. The first-order valence-electron chi connectivity index (χ1n) is 10.0. The highest BCUT2D eigenvalue weighted by Crippen LogP contribution is 2.30. The van der Waals surface area contributed by atoms with Crippen molar-refractivity contribution in [2.75, 3.05) is 18.6 Å². The Hall–Kier alpha value is -3.43. The number of carbonyl (C=O) groups excluding carboxylic acids is 1. The number of hydrogen-bond donors (Lipinski definition) is 1. The van der Waals surface area contributed by atoms with Crippen molar-refractivity contribution in [3.05, 3.63) is 71.9 Å². The second-order valence-electron chi connectivity index (χ2n) is 7.32. The molecule has 0 atom stereocenters. The first-order valence-corrected chi connectivity index (χ1v) is 11.5. The lowest BCUT2D eigenvalue weighted by Crippen LogP contribution is -2.26. The van der Waals surface area contributed by atoms with Gasteiger partial charge in [-0.3, -0.25) is 4.79 Å². The molecular weight excluding hydrogens is 430 g/mol. The number of aromatic nitrogens is 1. The summed E-state index contributed by atoms with van der Waals surface area (Å²) in [4.78, 5) is 17.7. The van der Waals surface area contributed by atoms with Crippen molar-refractivity contribution in [2.45, 2.75) is 24.8 Å². The van der Waals surface area contributed by atoms with Gasteiger partial charge in [0.05, 0.1) is 12.0 Å². The largest absolute Gasteiger partial charge is 0.497 e. The molecular formula is C23H23N3O5S. The zero-order valence-corrected chi connectivity index (χ0v) is 18.6. The number of hydrogen-bond acceptors (Lipinski definition) is 6. The van der Waals surface area contributed by atoms with Crippen LogP contribution in [0.2, 0.25) is 0 Å². The summed E-state index contributed by atoms with van der Waals surface area (Å²) in [7, 11) is -2.14. The minimum atomic E-state index is -3.73. The average molecular weight is 454 g/mol. The van der Waals surface area contributed by atoms with Crippen molar-refractivity contribution in [3.8, 4) is 17.4 Å². The summed E-state index contributed by atoms with van der Waals surface area (Å²) in [5.74, 6) is 1.61. The van der Waals surface area contributed by atoms with Gasteiger partial charge < -0.3 is 14.4 Å². The van der Waals surface area contributed by atoms with Crippen molar-refractivity contribution >= 4 is 21.6 Å². The Kier molecular flexibility index (Phi) is 6.11. The van der Waals surface area contributed by atoms with Gasteiger partial charge in [-0.15, -0.1) is 0 Å². The van der Waals surface area contributed by atoms with E-state index in [0.29, 0.717) is 35.9 Å². The van der Waals surface area contributed by atoms with E-state index < -0.39 is 10.0 Å². The highest BCUT2D eigenvalue weighted by Gasteiger charge is 2.24. The lowest BCUT2D eigenvalue weighted by atomic mass is 10.2. The fourth-order valence-corrected chi connectivity index (χ4v) is 4.58. The summed E-state index contributed by atoms with van der Waals surface area (Å²) in [5.41, 5.74) is 2.32. The maximum absolute atomic E-state index is 12.8. The molecule has 0 aliphatic carbocycles. The molecule has 8 nitrogen and oxygen atoms in total. The first kappa shape index (κ1) is 21.8. The minimum Gasteiger partial charge on any atom is -0.497 e. The van der Waals surface area contributed by atoms with E-state index in [2.05, 4.69) is 9.71 Å². The second kappa shape index (κ2) is 8.97. The average Bonchev–Trinajstić information content (AvgIpc) is 3.22. The molecule has 2 aromatic carbocycles. The molecule has 1 aliphatic rings. The van der Waals surface area contributed by atoms with Gasteiger partial charge in [0.1, 0.15) is 11.5 Å². The van der Waals surface area contributed by atoms with E-state index >= 15 is 0 Å². The summed E-state index contributed by atoms with van der Waals surface area (Å²) in [5, 5.41) is 0. The fraction of sp³-hybridized carbons (Fsp3) is 0.217. The van der Waals surface area contributed by atoms with E-state index in [0.717, 1.165) is 11.3 Å². The summed E-state index contributed by atoms with van der Waals surface area (Å²) in [6.45, 7) is 2.15. The van der Waals surface area contributed by atoms with Gasteiger partial charge in [-0.25, -0.2) is 18.1 Å². The van der Waals surface area contributed by atoms with Crippen LogP contribution in [-0.2, 0) is 27.8 Å². The zero-order chi connectivity index (χ0) is 22.7. The van der Waals surface area contributed by atoms with Crippen molar-refractivity contribution in [2.24, 2.45) is 0 Å². The number of pyridine rings is 1. The van der Waals surface area contributed by atoms with Gasteiger partial charge in [-0.1, -0.05) is 0 Å². The van der Waals surface area contributed by atoms with Crippen LogP contribution in [0.25, 0.3) is 0 Å². The van der Waals surface area contributed by atoms with Gasteiger partial charge in [-0.2, -0.15) is 0 Å². The predicted molar refractivity (Wildman–Crippen MR) is 120 cm³/mol. The van der Waals surface area contributed by atoms with Crippen LogP contribution in [0.3, 0.4) is 0 Å². The molecule has 0 bridgehead atoms. The number of fused-ring (bicyclic) bond motifs is 1. The van der Waals surface area contributed by atoms with Crippen molar-refractivity contribution in [1.29, 1.82) is 0 Å². The molecule has 1 N–H and O–H groups in total. The molecule has 0 radical (unpaired) electrons. The lowest BCUT2D eigenvalue weighted by Gasteiger charge is -2.15. The monoisotopic (exact) mass is 453 g/mol. The quantitative estimate of drug-likeness (QED) is 0.590. The standard InChI is InChI=1S/C23H23N3O5S/c1-16(27)26-12-10-18-14-21(7-8-22(18)26)32(28,29)25-15-17-9-11-24-23(13-17)31-20-5-3-19(30-2)4-6-20/h3-9,11,13-14,25H,10,12,15H2,1-2H3. The van der Waals surface area contributed by atoms with Crippen LogP contribution in [0.4, 0.5) is 5.69 Å². The van der Waals surface area contributed by atoms with E-state index in [-0.39, 0.29) is 17.3 Å². The topological polar surface area (TPSA) is 97.8 Å².